The Kier molecular flexibility index (Phi) is 5.63. The van der Waals surface area contributed by atoms with Crippen molar-refractivity contribution < 1.29 is 14.3 Å². The predicted octanol–water partition coefficient (Wildman–Crippen LogP) is 2.30. The molecule has 19 heavy (non-hydrogen) atoms. The molecule has 0 aromatic carbocycles. The lowest BCUT2D eigenvalue weighted by molar-refractivity contribution is -0.133. The van der Waals surface area contributed by atoms with E-state index in [1.54, 1.807) is 27.7 Å². The van der Waals surface area contributed by atoms with Gasteiger partial charge in [0.05, 0.1) is 0 Å². The van der Waals surface area contributed by atoms with Crippen LogP contribution in [0.4, 0.5) is 4.79 Å². The minimum atomic E-state index is -0.546. The predicted molar refractivity (Wildman–Crippen MR) is 73.9 cm³/mol. The maximum Gasteiger partial charge on any atom is 0.408 e. The number of amides is 2. The molecule has 1 unspecified atom stereocenters. The molecule has 5 nitrogen and oxygen atoms in total. The van der Waals surface area contributed by atoms with E-state index in [2.05, 4.69) is 5.32 Å². The van der Waals surface area contributed by atoms with Gasteiger partial charge in [-0.15, -0.1) is 0 Å². The molecule has 0 saturated carbocycles. The third kappa shape index (κ3) is 5.94. The van der Waals surface area contributed by atoms with Gasteiger partial charge in [-0.2, -0.15) is 0 Å². The molecular weight excluding hydrogens is 244 g/mol. The molecule has 1 heterocycles. The highest BCUT2D eigenvalue weighted by Crippen LogP contribution is 2.11. The maximum atomic E-state index is 12.2. The number of likely N-dealkylation sites (tertiary alicyclic amines) is 1. The summed E-state index contributed by atoms with van der Waals surface area (Å²) < 4.78 is 5.15. The van der Waals surface area contributed by atoms with Crippen molar-refractivity contribution in [2.45, 2.75) is 65.0 Å². The van der Waals surface area contributed by atoms with Crippen LogP contribution in [0.25, 0.3) is 0 Å². The van der Waals surface area contributed by atoms with Crippen molar-refractivity contribution in [3.8, 4) is 0 Å². The summed E-state index contributed by atoms with van der Waals surface area (Å²) in [6.07, 6.45) is 3.91. The van der Waals surface area contributed by atoms with Gasteiger partial charge in [-0.05, 0) is 40.5 Å². The Bertz CT molecular complexity index is 315. The van der Waals surface area contributed by atoms with Crippen LogP contribution >= 0.6 is 0 Å². The van der Waals surface area contributed by atoms with Crippen molar-refractivity contribution in [2.24, 2.45) is 0 Å². The number of carbonyl (C=O) groups excluding carboxylic acids is 2. The van der Waals surface area contributed by atoms with Crippen molar-refractivity contribution in [3.05, 3.63) is 0 Å². The number of ether oxygens (including phenoxy) is 1. The Labute approximate surface area is 115 Å². The number of hydrogen-bond donors (Lipinski definition) is 1. The fraction of sp³-hybridized carbons (Fsp3) is 0.857. The van der Waals surface area contributed by atoms with E-state index in [9.17, 15) is 9.59 Å². The highest BCUT2D eigenvalue weighted by molar-refractivity contribution is 5.85. The summed E-state index contributed by atoms with van der Waals surface area (Å²) in [4.78, 5) is 25.7. The standard InChI is InChI=1S/C14H26N2O3/c1-11(15-13(18)19-14(2,3)4)12(17)16-9-7-5-6-8-10-16/h11H,5-10H2,1-4H3,(H,15,18). The van der Waals surface area contributed by atoms with Crippen molar-refractivity contribution in [1.82, 2.24) is 10.2 Å². The van der Waals surface area contributed by atoms with Crippen LogP contribution < -0.4 is 5.32 Å². The molecule has 1 atom stereocenters. The molecule has 1 aliphatic rings. The van der Waals surface area contributed by atoms with Crippen LogP contribution in [0.5, 0.6) is 0 Å². The summed E-state index contributed by atoms with van der Waals surface area (Å²) in [6.45, 7) is 8.69. The first-order valence-electron chi connectivity index (χ1n) is 7.08. The number of nitrogens with zero attached hydrogens (tertiary/aromatic N) is 1. The minimum Gasteiger partial charge on any atom is -0.444 e. The smallest absolute Gasteiger partial charge is 0.408 e. The summed E-state index contributed by atoms with van der Waals surface area (Å²) in [5.41, 5.74) is -0.546. The van der Waals surface area contributed by atoms with Gasteiger partial charge in [-0.1, -0.05) is 12.8 Å². The second-order valence-corrected chi connectivity index (χ2v) is 6.11. The lowest BCUT2D eigenvalue weighted by Crippen LogP contribution is -2.48. The van der Waals surface area contributed by atoms with E-state index in [-0.39, 0.29) is 5.91 Å². The molecule has 1 N–H and O–H groups in total. The minimum absolute atomic E-state index is 0.0206. The third-order valence-electron chi connectivity index (χ3n) is 3.02. The zero-order valence-corrected chi connectivity index (χ0v) is 12.5. The molecule has 0 aromatic rings. The first-order chi connectivity index (χ1) is 8.79. The lowest BCUT2D eigenvalue weighted by atomic mass is 10.2. The average Bonchev–Trinajstić information content (AvgIpc) is 2.53. The van der Waals surface area contributed by atoms with E-state index in [0.29, 0.717) is 0 Å². The van der Waals surface area contributed by atoms with Crippen LogP contribution in [-0.2, 0) is 9.53 Å². The number of carbonyl (C=O) groups is 2. The van der Waals surface area contributed by atoms with E-state index < -0.39 is 17.7 Å². The topological polar surface area (TPSA) is 58.6 Å². The molecule has 0 bridgehead atoms. The first-order valence-corrected chi connectivity index (χ1v) is 7.08. The van der Waals surface area contributed by atoms with Crippen LogP contribution in [0, 0.1) is 0 Å². The number of nitrogens with one attached hydrogen (secondary N) is 1. The monoisotopic (exact) mass is 270 g/mol. The van der Waals surface area contributed by atoms with Crippen molar-refractivity contribution in [2.75, 3.05) is 13.1 Å². The van der Waals surface area contributed by atoms with Crippen LogP contribution in [-0.4, -0.2) is 41.6 Å². The Balaban J connectivity index is 2.45. The van der Waals surface area contributed by atoms with Crippen molar-refractivity contribution >= 4 is 12.0 Å². The molecule has 2 amide bonds. The lowest BCUT2D eigenvalue weighted by Gasteiger charge is -2.26. The molecule has 0 aromatic heterocycles. The van der Waals surface area contributed by atoms with E-state index in [4.69, 9.17) is 4.74 Å². The number of alkyl carbamates (subject to hydrolysis) is 1. The molecule has 5 heteroatoms. The Morgan fingerprint density at radius 1 is 1.11 bits per heavy atom. The number of hydrogen-bond acceptors (Lipinski definition) is 3. The average molecular weight is 270 g/mol. The van der Waals surface area contributed by atoms with Crippen LogP contribution in [0.15, 0.2) is 0 Å². The summed E-state index contributed by atoms with van der Waals surface area (Å²) >= 11 is 0. The molecular formula is C14H26N2O3. The second-order valence-electron chi connectivity index (χ2n) is 6.11. The van der Waals surface area contributed by atoms with Gasteiger partial charge in [0.15, 0.2) is 0 Å². The largest absolute Gasteiger partial charge is 0.444 e. The number of rotatable bonds is 2. The highest BCUT2D eigenvalue weighted by Gasteiger charge is 2.24. The van der Waals surface area contributed by atoms with Gasteiger partial charge in [0.1, 0.15) is 11.6 Å². The quantitative estimate of drug-likeness (QED) is 0.837. The fourth-order valence-corrected chi connectivity index (χ4v) is 2.11. The zero-order chi connectivity index (χ0) is 14.5. The van der Waals surface area contributed by atoms with Gasteiger partial charge in [0, 0.05) is 13.1 Å². The van der Waals surface area contributed by atoms with Gasteiger partial charge >= 0.3 is 6.09 Å². The summed E-state index contributed by atoms with van der Waals surface area (Å²) in [5.74, 6) is -0.0206. The molecule has 1 saturated heterocycles. The van der Waals surface area contributed by atoms with E-state index >= 15 is 0 Å². The van der Waals surface area contributed by atoms with Gasteiger partial charge in [0.2, 0.25) is 5.91 Å². The SMILES string of the molecule is CC(NC(=O)OC(C)(C)C)C(=O)N1CCCCCC1. The van der Waals surface area contributed by atoms with Gasteiger partial charge < -0.3 is 15.0 Å². The van der Waals surface area contributed by atoms with Gasteiger partial charge in [-0.3, -0.25) is 4.79 Å². The third-order valence-corrected chi connectivity index (χ3v) is 3.02. The maximum absolute atomic E-state index is 12.2. The molecule has 1 rings (SSSR count). The Morgan fingerprint density at radius 2 is 1.63 bits per heavy atom. The summed E-state index contributed by atoms with van der Waals surface area (Å²) in [5, 5.41) is 2.60. The normalized spacial score (nSPS) is 18.4. The Morgan fingerprint density at radius 3 is 2.11 bits per heavy atom. The first kappa shape index (κ1) is 15.8. The van der Waals surface area contributed by atoms with Crippen LogP contribution in [0.1, 0.15) is 53.4 Å². The van der Waals surface area contributed by atoms with E-state index in [1.807, 2.05) is 4.90 Å². The summed E-state index contributed by atoms with van der Waals surface area (Å²) in [7, 11) is 0. The second kappa shape index (κ2) is 6.78. The van der Waals surface area contributed by atoms with Crippen molar-refractivity contribution in [3.63, 3.8) is 0 Å². The van der Waals surface area contributed by atoms with E-state index in [1.165, 1.54) is 12.8 Å². The Hall–Kier alpha value is -1.26. The van der Waals surface area contributed by atoms with Crippen LogP contribution in [0.2, 0.25) is 0 Å². The van der Waals surface area contributed by atoms with Crippen LogP contribution in [0.3, 0.4) is 0 Å². The van der Waals surface area contributed by atoms with Crippen molar-refractivity contribution in [1.29, 1.82) is 0 Å². The molecule has 110 valence electrons. The fourth-order valence-electron chi connectivity index (χ4n) is 2.11. The molecule has 1 aliphatic heterocycles. The van der Waals surface area contributed by atoms with E-state index in [0.717, 1.165) is 25.9 Å². The molecule has 0 aliphatic carbocycles. The van der Waals surface area contributed by atoms with Gasteiger partial charge in [-0.25, -0.2) is 4.79 Å². The molecule has 0 spiro atoms. The van der Waals surface area contributed by atoms with Gasteiger partial charge in [0.25, 0.3) is 0 Å². The molecule has 1 fully saturated rings. The molecule has 0 radical (unpaired) electrons. The highest BCUT2D eigenvalue weighted by atomic mass is 16.6. The summed E-state index contributed by atoms with van der Waals surface area (Å²) in [6, 6.07) is -0.534. The zero-order valence-electron chi connectivity index (χ0n) is 12.5.